The Morgan fingerprint density at radius 2 is 1.94 bits per heavy atom. The Hall–Kier alpha value is -0.870. The van der Waals surface area contributed by atoms with Gasteiger partial charge in [-0.3, -0.25) is 4.79 Å². The lowest BCUT2D eigenvalue weighted by molar-refractivity contribution is -0.120. The van der Waals surface area contributed by atoms with Crippen LogP contribution < -0.4 is 10.6 Å². The maximum atomic E-state index is 11.8. The molecule has 0 spiro atoms. The third kappa shape index (κ3) is 4.42. The maximum absolute atomic E-state index is 11.8. The summed E-state index contributed by atoms with van der Waals surface area (Å²) in [7, 11) is 0. The van der Waals surface area contributed by atoms with Crippen LogP contribution in [-0.2, 0) is 11.2 Å². The zero-order valence-corrected chi connectivity index (χ0v) is 12.0. The van der Waals surface area contributed by atoms with Crippen LogP contribution in [0.4, 0.5) is 0 Å². The van der Waals surface area contributed by atoms with E-state index in [1.807, 2.05) is 24.3 Å². The molecule has 18 heavy (non-hydrogen) atoms. The van der Waals surface area contributed by atoms with E-state index >= 15 is 0 Å². The number of amides is 1. The molecule has 0 aliphatic carbocycles. The zero-order valence-electron chi connectivity index (χ0n) is 10.4. The highest BCUT2D eigenvalue weighted by Crippen LogP contribution is 2.12. The van der Waals surface area contributed by atoms with Gasteiger partial charge in [0, 0.05) is 11.0 Å². The molecular formula is C14H19BrN2O. The highest BCUT2D eigenvalue weighted by Gasteiger charge is 2.13. The predicted molar refractivity (Wildman–Crippen MR) is 76.4 cm³/mol. The quantitative estimate of drug-likeness (QED) is 0.894. The van der Waals surface area contributed by atoms with Crippen molar-refractivity contribution in [3.63, 3.8) is 0 Å². The van der Waals surface area contributed by atoms with Gasteiger partial charge >= 0.3 is 0 Å². The Kier molecular flexibility index (Phi) is 5.20. The summed E-state index contributed by atoms with van der Waals surface area (Å²) < 4.78 is 1.04. The molecule has 3 nitrogen and oxygen atoms in total. The van der Waals surface area contributed by atoms with E-state index < -0.39 is 0 Å². The normalized spacial score (nSPS) is 16.5. The van der Waals surface area contributed by atoms with Crippen molar-refractivity contribution in [2.24, 2.45) is 5.92 Å². The van der Waals surface area contributed by atoms with Gasteiger partial charge < -0.3 is 10.6 Å². The minimum atomic E-state index is 0.121. The monoisotopic (exact) mass is 310 g/mol. The predicted octanol–water partition coefficient (Wildman–Crippen LogP) is 2.11. The van der Waals surface area contributed by atoms with Crippen LogP contribution in [0.1, 0.15) is 18.4 Å². The van der Waals surface area contributed by atoms with Crippen molar-refractivity contribution in [3.05, 3.63) is 34.3 Å². The van der Waals surface area contributed by atoms with Crippen LogP contribution in [-0.4, -0.2) is 25.5 Å². The van der Waals surface area contributed by atoms with Crippen molar-refractivity contribution < 1.29 is 4.79 Å². The van der Waals surface area contributed by atoms with E-state index in [2.05, 4.69) is 26.6 Å². The first kappa shape index (κ1) is 13.6. The van der Waals surface area contributed by atoms with Crippen molar-refractivity contribution in [2.45, 2.75) is 19.3 Å². The molecule has 1 fully saturated rings. The van der Waals surface area contributed by atoms with E-state index in [0.717, 1.165) is 29.7 Å². The van der Waals surface area contributed by atoms with Crippen molar-refractivity contribution in [1.29, 1.82) is 0 Å². The first-order chi connectivity index (χ1) is 8.74. The van der Waals surface area contributed by atoms with Crippen LogP contribution in [0.15, 0.2) is 28.7 Å². The third-order valence-electron chi connectivity index (χ3n) is 3.32. The van der Waals surface area contributed by atoms with Gasteiger partial charge in [0.2, 0.25) is 5.91 Å². The molecule has 1 aliphatic rings. The van der Waals surface area contributed by atoms with Gasteiger partial charge in [0.1, 0.15) is 0 Å². The van der Waals surface area contributed by atoms with Crippen LogP contribution in [0.25, 0.3) is 0 Å². The molecule has 0 atom stereocenters. The van der Waals surface area contributed by atoms with Gasteiger partial charge in [-0.05, 0) is 49.5 Å². The molecule has 0 saturated carbocycles. The summed E-state index contributed by atoms with van der Waals surface area (Å²) in [5, 5.41) is 6.37. The van der Waals surface area contributed by atoms with Crippen LogP contribution in [0.3, 0.4) is 0 Å². The average Bonchev–Trinajstić information content (AvgIpc) is 2.40. The first-order valence-electron chi connectivity index (χ1n) is 6.46. The van der Waals surface area contributed by atoms with Crippen LogP contribution in [0.5, 0.6) is 0 Å². The maximum Gasteiger partial charge on any atom is 0.224 e. The number of benzene rings is 1. The molecule has 2 N–H and O–H groups in total. The molecule has 2 rings (SSSR count). The first-order valence-corrected chi connectivity index (χ1v) is 7.25. The summed E-state index contributed by atoms with van der Waals surface area (Å²) in [6.07, 6.45) is 2.80. The Morgan fingerprint density at radius 3 is 2.61 bits per heavy atom. The second-order valence-corrected chi connectivity index (χ2v) is 5.72. The van der Waals surface area contributed by atoms with Gasteiger partial charge in [-0.25, -0.2) is 0 Å². The van der Waals surface area contributed by atoms with E-state index in [0.29, 0.717) is 12.3 Å². The highest BCUT2D eigenvalue weighted by atomic mass is 79.9. The second-order valence-electron chi connectivity index (χ2n) is 4.80. The fourth-order valence-electron chi connectivity index (χ4n) is 2.19. The molecule has 0 aromatic heterocycles. The minimum Gasteiger partial charge on any atom is -0.356 e. The molecule has 1 amide bonds. The molecule has 1 aliphatic heterocycles. The van der Waals surface area contributed by atoms with Crippen LogP contribution in [0, 0.1) is 5.92 Å². The number of carbonyl (C=O) groups excluding carboxylic acids is 1. The van der Waals surface area contributed by atoms with E-state index in [9.17, 15) is 4.79 Å². The fourth-order valence-corrected chi connectivity index (χ4v) is 2.46. The summed E-state index contributed by atoms with van der Waals surface area (Å²) in [5.41, 5.74) is 1.06. The molecule has 4 heteroatoms. The Morgan fingerprint density at radius 1 is 1.28 bits per heavy atom. The van der Waals surface area contributed by atoms with Gasteiger partial charge in [0.15, 0.2) is 0 Å². The van der Waals surface area contributed by atoms with Gasteiger partial charge in [-0.2, -0.15) is 0 Å². The Bertz CT molecular complexity index is 385. The zero-order chi connectivity index (χ0) is 12.8. The Balaban J connectivity index is 1.73. The van der Waals surface area contributed by atoms with Gasteiger partial charge in [0.05, 0.1) is 6.42 Å². The van der Waals surface area contributed by atoms with Gasteiger partial charge in [0.25, 0.3) is 0 Å². The molecule has 1 aromatic rings. The molecule has 98 valence electrons. The number of nitrogens with one attached hydrogen (secondary N) is 2. The van der Waals surface area contributed by atoms with Gasteiger partial charge in [-0.15, -0.1) is 0 Å². The van der Waals surface area contributed by atoms with Crippen molar-refractivity contribution in [1.82, 2.24) is 10.6 Å². The van der Waals surface area contributed by atoms with Crippen molar-refractivity contribution in [2.75, 3.05) is 19.6 Å². The summed E-state index contributed by atoms with van der Waals surface area (Å²) in [6.45, 7) is 2.97. The molecule has 0 radical (unpaired) electrons. The summed E-state index contributed by atoms with van der Waals surface area (Å²) in [6, 6.07) is 7.90. The summed E-state index contributed by atoms with van der Waals surface area (Å²) in [5.74, 6) is 0.760. The lowest BCUT2D eigenvalue weighted by Gasteiger charge is -2.22. The standard InChI is InChI=1S/C14H19BrN2O/c15-13-3-1-11(2-4-13)9-14(18)17-10-12-5-7-16-8-6-12/h1-4,12,16H,5-10H2,(H,17,18). The topological polar surface area (TPSA) is 41.1 Å². The molecule has 0 unspecified atom stereocenters. The number of halogens is 1. The van der Waals surface area contributed by atoms with E-state index in [4.69, 9.17) is 0 Å². The fraction of sp³-hybridized carbons (Fsp3) is 0.500. The van der Waals surface area contributed by atoms with E-state index in [-0.39, 0.29) is 5.91 Å². The Labute approximate surface area is 116 Å². The number of rotatable bonds is 4. The third-order valence-corrected chi connectivity index (χ3v) is 3.85. The molecule has 0 bridgehead atoms. The number of piperidine rings is 1. The summed E-state index contributed by atoms with van der Waals surface area (Å²) in [4.78, 5) is 11.8. The number of hydrogen-bond donors (Lipinski definition) is 2. The molecule has 1 heterocycles. The van der Waals surface area contributed by atoms with E-state index in [1.165, 1.54) is 12.8 Å². The number of carbonyl (C=O) groups is 1. The van der Waals surface area contributed by atoms with Gasteiger partial charge in [-0.1, -0.05) is 28.1 Å². The average molecular weight is 311 g/mol. The lowest BCUT2D eigenvalue weighted by Crippen LogP contribution is -2.36. The lowest BCUT2D eigenvalue weighted by atomic mass is 9.98. The largest absolute Gasteiger partial charge is 0.356 e. The molecule has 1 saturated heterocycles. The smallest absolute Gasteiger partial charge is 0.224 e. The van der Waals surface area contributed by atoms with E-state index in [1.54, 1.807) is 0 Å². The van der Waals surface area contributed by atoms with Crippen molar-refractivity contribution >= 4 is 21.8 Å². The minimum absolute atomic E-state index is 0.121. The highest BCUT2D eigenvalue weighted by molar-refractivity contribution is 9.10. The molecular weight excluding hydrogens is 292 g/mol. The second kappa shape index (κ2) is 6.90. The number of hydrogen-bond acceptors (Lipinski definition) is 2. The summed E-state index contributed by atoms with van der Waals surface area (Å²) >= 11 is 3.39. The SMILES string of the molecule is O=C(Cc1ccc(Br)cc1)NCC1CCNCC1. The van der Waals surface area contributed by atoms with Crippen LogP contribution in [0.2, 0.25) is 0 Å². The van der Waals surface area contributed by atoms with Crippen molar-refractivity contribution in [3.8, 4) is 0 Å². The van der Waals surface area contributed by atoms with Crippen LogP contribution >= 0.6 is 15.9 Å². The molecule has 1 aromatic carbocycles.